The van der Waals surface area contributed by atoms with Crippen LogP contribution in [0.4, 0.5) is 4.79 Å². The van der Waals surface area contributed by atoms with Crippen LogP contribution in [-0.4, -0.2) is 29.7 Å². The number of rotatable bonds is 2. The minimum Gasteiger partial charge on any atom is -0.444 e. The quantitative estimate of drug-likeness (QED) is 0.823. The van der Waals surface area contributed by atoms with E-state index in [-0.39, 0.29) is 6.09 Å². The fourth-order valence-corrected chi connectivity index (χ4v) is 2.69. The van der Waals surface area contributed by atoms with Crippen LogP contribution in [0.15, 0.2) is 30.3 Å². The predicted octanol–water partition coefficient (Wildman–Crippen LogP) is 3.73. The van der Waals surface area contributed by atoms with Gasteiger partial charge < -0.3 is 9.64 Å². The van der Waals surface area contributed by atoms with Gasteiger partial charge in [0.25, 0.3) is 0 Å². The maximum Gasteiger partial charge on any atom is 0.410 e. The molecule has 0 unspecified atom stereocenters. The lowest BCUT2D eigenvalue weighted by Gasteiger charge is -2.24. The maximum atomic E-state index is 12.1. The molecule has 3 heteroatoms. The van der Waals surface area contributed by atoms with E-state index in [0.717, 1.165) is 19.5 Å². The number of hydrogen-bond acceptors (Lipinski definition) is 2. The van der Waals surface area contributed by atoms with Gasteiger partial charge in [-0.2, -0.15) is 0 Å². The van der Waals surface area contributed by atoms with Crippen molar-refractivity contribution in [3.63, 3.8) is 0 Å². The Morgan fingerprint density at radius 3 is 2.50 bits per heavy atom. The number of benzene rings is 1. The molecule has 20 heavy (non-hydrogen) atoms. The molecule has 1 aromatic rings. The van der Waals surface area contributed by atoms with E-state index in [1.807, 2.05) is 31.7 Å². The van der Waals surface area contributed by atoms with Crippen molar-refractivity contribution in [1.82, 2.24) is 4.90 Å². The molecule has 2 atom stereocenters. The maximum absolute atomic E-state index is 12.1. The van der Waals surface area contributed by atoms with E-state index in [0.29, 0.717) is 11.8 Å². The Morgan fingerprint density at radius 2 is 1.90 bits per heavy atom. The molecule has 3 nitrogen and oxygen atoms in total. The normalized spacial score (nSPS) is 22.9. The van der Waals surface area contributed by atoms with E-state index in [2.05, 4.69) is 31.2 Å². The van der Waals surface area contributed by atoms with Crippen LogP contribution in [0.1, 0.15) is 33.3 Å². The molecule has 0 aliphatic carbocycles. The van der Waals surface area contributed by atoms with Crippen LogP contribution in [0.2, 0.25) is 0 Å². The number of carbonyl (C=O) groups excluding carboxylic acids is 1. The summed E-state index contributed by atoms with van der Waals surface area (Å²) < 4.78 is 5.46. The predicted molar refractivity (Wildman–Crippen MR) is 80.6 cm³/mol. The van der Waals surface area contributed by atoms with E-state index in [4.69, 9.17) is 4.74 Å². The molecule has 1 aliphatic rings. The summed E-state index contributed by atoms with van der Waals surface area (Å²) in [5, 5.41) is 0. The number of amides is 1. The van der Waals surface area contributed by atoms with Crippen LogP contribution in [0.5, 0.6) is 0 Å². The summed E-state index contributed by atoms with van der Waals surface area (Å²) in [7, 11) is 0. The third kappa shape index (κ3) is 3.99. The highest BCUT2D eigenvalue weighted by atomic mass is 16.6. The molecule has 110 valence electrons. The van der Waals surface area contributed by atoms with Crippen LogP contribution in [0, 0.1) is 11.8 Å². The number of ether oxygens (including phenoxy) is 1. The zero-order valence-corrected chi connectivity index (χ0v) is 12.9. The van der Waals surface area contributed by atoms with Crippen LogP contribution in [0.3, 0.4) is 0 Å². The van der Waals surface area contributed by atoms with Gasteiger partial charge in [0, 0.05) is 13.1 Å². The van der Waals surface area contributed by atoms with Gasteiger partial charge in [-0.25, -0.2) is 4.79 Å². The Kier molecular flexibility index (Phi) is 4.36. The third-order valence-corrected chi connectivity index (χ3v) is 3.76. The zero-order valence-electron chi connectivity index (χ0n) is 12.9. The number of hydrogen-bond donors (Lipinski definition) is 0. The summed E-state index contributed by atoms with van der Waals surface area (Å²) in [4.78, 5) is 14.0. The van der Waals surface area contributed by atoms with Crippen molar-refractivity contribution in [2.45, 2.75) is 39.7 Å². The largest absolute Gasteiger partial charge is 0.444 e. The average molecular weight is 275 g/mol. The molecule has 0 aromatic heterocycles. The first-order valence-corrected chi connectivity index (χ1v) is 7.37. The summed E-state index contributed by atoms with van der Waals surface area (Å²) in [6, 6.07) is 10.5. The molecule has 0 radical (unpaired) electrons. The van der Waals surface area contributed by atoms with Gasteiger partial charge in [0.05, 0.1) is 0 Å². The van der Waals surface area contributed by atoms with Crippen LogP contribution < -0.4 is 0 Å². The monoisotopic (exact) mass is 275 g/mol. The van der Waals surface area contributed by atoms with Gasteiger partial charge in [-0.05, 0) is 44.6 Å². The first-order chi connectivity index (χ1) is 9.35. The van der Waals surface area contributed by atoms with Gasteiger partial charge in [-0.15, -0.1) is 0 Å². The van der Waals surface area contributed by atoms with Gasteiger partial charge in [-0.3, -0.25) is 0 Å². The molecule has 1 fully saturated rings. The van der Waals surface area contributed by atoms with E-state index in [9.17, 15) is 4.79 Å². The van der Waals surface area contributed by atoms with Gasteiger partial charge in [0.1, 0.15) is 5.60 Å². The first kappa shape index (κ1) is 14.9. The molecule has 1 aromatic carbocycles. The lowest BCUT2D eigenvalue weighted by molar-refractivity contribution is 0.0284. The van der Waals surface area contributed by atoms with E-state index in [1.165, 1.54) is 5.56 Å². The van der Waals surface area contributed by atoms with Crippen LogP contribution in [-0.2, 0) is 11.2 Å². The molecular formula is C17H25NO2. The van der Waals surface area contributed by atoms with Crippen molar-refractivity contribution in [1.29, 1.82) is 0 Å². The molecule has 0 N–H and O–H groups in total. The lowest BCUT2D eigenvalue weighted by atomic mass is 9.91. The summed E-state index contributed by atoms with van der Waals surface area (Å²) in [5.74, 6) is 1.03. The summed E-state index contributed by atoms with van der Waals surface area (Å²) in [6.45, 7) is 9.54. The highest BCUT2D eigenvalue weighted by Gasteiger charge is 2.34. The van der Waals surface area contributed by atoms with Crippen molar-refractivity contribution in [2.75, 3.05) is 13.1 Å². The Morgan fingerprint density at radius 1 is 1.25 bits per heavy atom. The van der Waals surface area contributed by atoms with Crippen molar-refractivity contribution >= 4 is 6.09 Å². The molecule has 1 aliphatic heterocycles. The number of nitrogens with zero attached hydrogens (tertiary/aromatic N) is 1. The molecule has 0 saturated carbocycles. The second kappa shape index (κ2) is 5.86. The van der Waals surface area contributed by atoms with E-state index >= 15 is 0 Å². The first-order valence-electron chi connectivity index (χ1n) is 7.37. The summed E-state index contributed by atoms with van der Waals surface area (Å²) in [5.41, 5.74) is 0.924. The van der Waals surface area contributed by atoms with Crippen molar-refractivity contribution in [3.05, 3.63) is 35.9 Å². The summed E-state index contributed by atoms with van der Waals surface area (Å²) in [6.07, 6.45) is 0.848. The minimum atomic E-state index is -0.419. The van der Waals surface area contributed by atoms with Crippen molar-refractivity contribution < 1.29 is 9.53 Å². The molecule has 2 rings (SSSR count). The van der Waals surface area contributed by atoms with Gasteiger partial charge in [0.2, 0.25) is 0 Å². The number of carbonyl (C=O) groups is 1. The van der Waals surface area contributed by atoms with Crippen LogP contribution in [0.25, 0.3) is 0 Å². The second-order valence-electron chi connectivity index (χ2n) is 6.81. The Bertz CT molecular complexity index is 450. The SMILES string of the molecule is C[C@H]1CN(C(=O)OC(C)(C)C)C[C@@H]1Cc1ccccc1. The van der Waals surface area contributed by atoms with E-state index in [1.54, 1.807) is 0 Å². The van der Waals surface area contributed by atoms with Crippen molar-refractivity contribution in [3.8, 4) is 0 Å². The third-order valence-electron chi connectivity index (χ3n) is 3.76. The fraction of sp³-hybridized carbons (Fsp3) is 0.588. The Balaban J connectivity index is 1.94. The topological polar surface area (TPSA) is 29.5 Å². The molecule has 0 bridgehead atoms. The van der Waals surface area contributed by atoms with Crippen LogP contribution >= 0.6 is 0 Å². The van der Waals surface area contributed by atoms with Crippen molar-refractivity contribution in [2.24, 2.45) is 11.8 Å². The summed E-state index contributed by atoms with van der Waals surface area (Å²) >= 11 is 0. The molecule has 1 saturated heterocycles. The highest BCUT2D eigenvalue weighted by molar-refractivity contribution is 5.68. The minimum absolute atomic E-state index is 0.181. The molecular weight excluding hydrogens is 250 g/mol. The van der Waals surface area contributed by atoms with Gasteiger partial charge in [0.15, 0.2) is 0 Å². The molecule has 1 amide bonds. The Labute approximate surface area is 121 Å². The fourth-order valence-electron chi connectivity index (χ4n) is 2.69. The standard InChI is InChI=1S/C17H25NO2/c1-13-11-18(16(19)20-17(2,3)4)12-15(13)10-14-8-6-5-7-9-14/h5-9,13,15H,10-12H2,1-4H3/t13-,15-/m0/s1. The molecule has 0 spiro atoms. The number of likely N-dealkylation sites (tertiary alicyclic amines) is 1. The smallest absolute Gasteiger partial charge is 0.410 e. The zero-order chi connectivity index (χ0) is 14.8. The van der Waals surface area contributed by atoms with E-state index < -0.39 is 5.60 Å². The second-order valence-corrected chi connectivity index (χ2v) is 6.81. The Hall–Kier alpha value is -1.51. The average Bonchev–Trinajstić information content (AvgIpc) is 2.70. The highest BCUT2D eigenvalue weighted by Crippen LogP contribution is 2.27. The lowest BCUT2D eigenvalue weighted by Crippen LogP contribution is -2.35. The van der Waals surface area contributed by atoms with Gasteiger partial charge >= 0.3 is 6.09 Å². The molecule has 1 heterocycles. The van der Waals surface area contributed by atoms with Gasteiger partial charge in [-0.1, -0.05) is 37.3 Å².